The van der Waals surface area contributed by atoms with E-state index in [0.29, 0.717) is 0 Å². The number of rotatable bonds is 1. The molecule has 0 heterocycles. The van der Waals surface area contributed by atoms with Crippen LogP contribution in [-0.4, -0.2) is 0 Å². The highest BCUT2D eigenvalue weighted by atomic mass is 14.2. The van der Waals surface area contributed by atoms with Gasteiger partial charge in [0.2, 0.25) is 0 Å². The summed E-state index contributed by atoms with van der Waals surface area (Å²) in [5.74, 6) is 0. The van der Waals surface area contributed by atoms with Crippen LogP contribution in [-0.2, 0) is 12.8 Å². The third-order valence-corrected chi connectivity index (χ3v) is 4.79. The average molecular weight is 272 g/mol. The summed E-state index contributed by atoms with van der Waals surface area (Å²) >= 11 is 0. The van der Waals surface area contributed by atoms with Gasteiger partial charge in [0.15, 0.2) is 0 Å². The summed E-state index contributed by atoms with van der Waals surface area (Å²) in [6, 6.07) is 20.1. The molecule has 0 radical (unpaired) electrons. The van der Waals surface area contributed by atoms with Gasteiger partial charge in [0.05, 0.1) is 0 Å². The van der Waals surface area contributed by atoms with Crippen LogP contribution in [0.25, 0.3) is 21.9 Å². The van der Waals surface area contributed by atoms with Crippen LogP contribution in [0.5, 0.6) is 0 Å². The Hall–Kier alpha value is -2.08. The first-order valence-corrected chi connectivity index (χ1v) is 7.94. The summed E-state index contributed by atoms with van der Waals surface area (Å²) in [5, 5.41) is 2.80. The molecule has 0 N–H and O–H groups in total. The molecule has 3 aromatic carbocycles. The molecule has 1 aliphatic rings. The van der Waals surface area contributed by atoms with Crippen molar-refractivity contribution in [2.24, 2.45) is 0 Å². The van der Waals surface area contributed by atoms with Gasteiger partial charge < -0.3 is 0 Å². The van der Waals surface area contributed by atoms with Crippen molar-refractivity contribution < 1.29 is 0 Å². The molecule has 0 aromatic heterocycles. The zero-order valence-electron chi connectivity index (χ0n) is 12.5. The molecule has 0 nitrogen and oxygen atoms in total. The van der Waals surface area contributed by atoms with E-state index in [1.165, 1.54) is 53.1 Å². The van der Waals surface area contributed by atoms with Gasteiger partial charge in [-0.15, -0.1) is 0 Å². The predicted octanol–water partition coefficient (Wildman–Crippen LogP) is 5.69. The van der Waals surface area contributed by atoms with E-state index >= 15 is 0 Å². The van der Waals surface area contributed by atoms with Gasteiger partial charge in [-0.3, -0.25) is 0 Å². The Morgan fingerprint density at radius 1 is 0.810 bits per heavy atom. The smallest absolute Gasteiger partial charge is 0.00679 e. The average Bonchev–Trinajstić information content (AvgIpc) is 2.53. The van der Waals surface area contributed by atoms with Crippen LogP contribution in [0, 0.1) is 6.92 Å². The summed E-state index contributed by atoms with van der Waals surface area (Å²) in [4.78, 5) is 0. The molecule has 0 saturated carbocycles. The monoisotopic (exact) mass is 272 g/mol. The lowest BCUT2D eigenvalue weighted by atomic mass is 9.82. The van der Waals surface area contributed by atoms with Crippen molar-refractivity contribution in [1.29, 1.82) is 0 Å². The highest BCUT2D eigenvalue weighted by Crippen LogP contribution is 2.39. The lowest BCUT2D eigenvalue weighted by Crippen LogP contribution is -2.05. The first-order chi connectivity index (χ1) is 10.3. The zero-order chi connectivity index (χ0) is 14.2. The van der Waals surface area contributed by atoms with Gasteiger partial charge in [0.25, 0.3) is 0 Å². The Bertz CT molecular complexity index is 811. The third-order valence-electron chi connectivity index (χ3n) is 4.79. The van der Waals surface area contributed by atoms with Gasteiger partial charge in [-0.05, 0) is 71.2 Å². The lowest BCUT2D eigenvalue weighted by Gasteiger charge is -2.23. The van der Waals surface area contributed by atoms with Crippen molar-refractivity contribution in [1.82, 2.24) is 0 Å². The second kappa shape index (κ2) is 5.04. The molecule has 0 fully saturated rings. The molecule has 1 aliphatic carbocycles. The minimum absolute atomic E-state index is 1.23. The Morgan fingerprint density at radius 2 is 1.57 bits per heavy atom. The quantitative estimate of drug-likeness (QED) is 0.533. The molecule has 0 amide bonds. The maximum Gasteiger partial charge on any atom is -0.00679 e. The van der Waals surface area contributed by atoms with Crippen molar-refractivity contribution in [2.45, 2.75) is 32.6 Å². The predicted molar refractivity (Wildman–Crippen MR) is 90.8 cm³/mol. The normalized spacial score (nSPS) is 14.1. The van der Waals surface area contributed by atoms with Crippen LogP contribution in [0.1, 0.15) is 29.5 Å². The summed E-state index contributed by atoms with van der Waals surface area (Å²) in [6.45, 7) is 2.23. The van der Waals surface area contributed by atoms with Crippen LogP contribution in [0.15, 0.2) is 54.6 Å². The van der Waals surface area contributed by atoms with E-state index in [-0.39, 0.29) is 0 Å². The summed E-state index contributed by atoms with van der Waals surface area (Å²) < 4.78 is 0. The second-order valence-corrected chi connectivity index (χ2v) is 6.13. The van der Waals surface area contributed by atoms with E-state index in [1.807, 2.05) is 0 Å². The Kier molecular flexibility index (Phi) is 3.03. The van der Waals surface area contributed by atoms with Crippen LogP contribution in [0.4, 0.5) is 0 Å². The van der Waals surface area contributed by atoms with E-state index in [0.717, 1.165) is 0 Å². The molecule has 0 spiro atoms. The van der Waals surface area contributed by atoms with Gasteiger partial charge in [-0.2, -0.15) is 0 Å². The van der Waals surface area contributed by atoms with Crippen LogP contribution in [0.3, 0.4) is 0 Å². The molecule has 0 unspecified atom stereocenters. The summed E-state index contributed by atoms with van der Waals surface area (Å²) in [5.41, 5.74) is 7.43. The van der Waals surface area contributed by atoms with E-state index < -0.39 is 0 Å². The standard InChI is InChI=1S/C21H20/c1-15-8-2-5-11-18(15)21-19-12-6-3-9-16(19)14-17-10-4-7-13-20(17)21/h2-3,5-6,8-9,11-12,14H,4,7,10,13H2,1H3. The summed E-state index contributed by atoms with van der Waals surface area (Å²) in [6.07, 6.45) is 5.12. The molecule has 21 heavy (non-hydrogen) atoms. The van der Waals surface area contributed by atoms with E-state index in [9.17, 15) is 0 Å². The second-order valence-electron chi connectivity index (χ2n) is 6.13. The minimum atomic E-state index is 1.23. The molecule has 0 atom stereocenters. The fourth-order valence-electron chi connectivity index (χ4n) is 3.74. The Balaban J connectivity index is 2.13. The maximum atomic E-state index is 2.42. The third kappa shape index (κ3) is 2.06. The van der Waals surface area contributed by atoms with Gasteiger partial charge in [-0.25, -0.2) is 0 Å². The largest absolute Gasteiger partial charge is 0.0620 e. The highest BCUT2D eigenvalue weighted by Gasteiger charge is 2.18. The van der Waals surface area contributed by atoms with Crippen molar-refractivity contribution in [3.8, 4) is 11.1 Å². The topological polar surface area (TPSA) is 0 Å². The molecular formula is C21H20. The molecular weight excluding hydrogens is 252 g/mol. The molecule has 4 rings (SSSR count). The van der Waals surface area contributed by atoms with Crippen molar-refractivity contribution in [2.75, 3.05) is 0 Å². The number of benzene rings is 3. The first kappa shape index (κ1) is 12.6. The van der Waals surface area contributed by atoms with Crippen molar-refractivity contribution in [3.63, 3.8) is 0 Å². The fourth-order valence-corrected chi connectivity index (χ4v) is 3.74. The molecule has 0 heteroatoms. The maximum absolute atomic E-state index is 2.42. The van der Waals surface area contributed by atoms with E-state index in [4.69, 9.17) is 0 Å². The van der Waals surface area contributed by atoms with Gasteiger partial charge in [-0.1, -0.05) is 54.6 Å². The van der Waals surface area contributed by atoms with Crippen LogP contribution < -0.4 is 0 Å². The highest BCUT2D eigenvalue weighted by molar-refractivity contribution is 6.00. The number of hydrogen-bond acceptors (Lipinski definition) is 0. The number of fused-ring (bicyclic) bond motifs is 2. The van der Waals surface area contributed by atoms with Crippen molar-refractivity contribution in [3.05, 3.63) is 71.3 Å². The van der Waals surface area contributed by atoms with Crippen LogP contribution >= 0.6 is 0 Å². The minimum Gasteiger partial charge on any atom is -0.0620 e. The molecule has 3 aromatic rings. The summed E-state index contributed by atoms with van der Waals surface area (Å²) in [7, 11) is 0. The SMILES string of the molecule is Cc1ccccc1-c1c2c(cc3ccccc13)CCCC2. The first-order valence-electron chi connectivity index (χ1n) is 7.94. The Labute approximate surface area is 126 Å². The molecule has 0 aliphatic heterocycles. The van der Waals surface area contributed by atoms with Crippen LogP contribution in [0.2, 0.25) is 0 Å². The number of hydrogen-bond donors (Lipinski definition) is 0. The van der Waals surface area contributed by atoms with Crippen molar-refractivity contribution >= 4 is 10.8 Å². The Morgan fingerprint density at radius 3 is 2.48 bits per heavy atom. The van der Waals surface area contributed by atoms with Gasteiger partial charge in [0, 0.05) is 0 Å². The van der Waals surface area contributed by atoms with Gasteiger partial charge >= 0.3 is 0 Å². The van der Waals surface area contributed by atoms with Gasteiger partial charge in [0.1, 0.15) is 0 Å². The lowest BCUT2D eigenvalue weighted by molar-refractivity contribution is 0.688. The zero-order valence-corrected chi connectivity index (χ0v) is 12.5. The van der Waals surface area contributed by atoms with E-state index in [2.05, 4.69) is 61.5 Å². The van der Waals surface area contributed by atoms with E-state index in [1.54, 1.807) is 11.1 Å². The molecule has 0 bridgehead atoms. The fraction of sp³-hybridized carbons (Fsp3) is 0.238. The number of aryl methyl sites for hydroxylation is 2. The molecule has 104 valence electrons. The molecule has 0 saturated heterocycles.